The van der Waals surface area contributed by atoms with Crippen LogP contribution in [0.15, 0.2) is 24.3 Å². The molecule has 3 rings (SSSR count). The van der Waals surface area contributed by atoms with Gasteiger partial charge in [-0.15, -0.1) is 10.2 Å². The molecule has 0 spiro atoms. The minimum atomic E-state index is -0.318. The van der Waals surface area contributed by atoms with Gasteiger partial charge in [-0.05, 0) is 75.9 Å². The monoisotopic (exact) mass is 358 g/mol. The number of rotatable bonds is 5. The van der Waals surface area contributed by atoms with E-state index in [1.807, 2.05) is 45.0 Å². The molecule has 1 fully saturated rings. The Balaban J connectivity index is 1.46. The molecule has 2 amide bonds. The van der Waals surface area contributed by atoms with Crippen LogP contribution in [0.4, 0.5) is 10.5 Å². The number of amides is 2. The SMILES string of the molecule is CC(C)(C)n1nnc(CNC(=O)Nc2ccc(OC3CCCC3)cc2)n1. The van der Waals surface area contributed by atoms with E-state index in [0.717, 1.165) is 18.6 Å². The molecule has 0 saturated heterocycles. The number of ether oxygens (including phenoxy) is 1. The van der Waals surface area contributed by atoms with Crippen LogP contribution in [-0.4, -0.2) is 32.3 Å². The second kappa shape index (κ2) is 7.72. The maximum Gasteiger partial charge on any atom is 0.319 e. The van der Waals surface area contributed by atoms with Gasteiger partial charge in [0.05, 0.1) is 18.2 Å². The highest BCUT2D eigenvalue weighted by atomic mass is 16.5. The fourth-order valence-electron chi connectivity index (χ4n) is 2.75. The quantitative estimate of drug-likeness (QED) is 0.857. The van der Waals surface area contributed by atoms with E-state index in [1.54, 1.807) is 0 Å². The van der Waals surface area contributed by atoms with Gasteiger partial charge in [0, 0.05) is 5.69 Å². The maximum absolute atomic E-state index is 12.0. The maximum atomic E-state index is 12.0. The van der Waals surface area contributed by atoms with Crippen molar-refractivity contribution in [3.05, 3.63) is 30.1 Å². The summed E-state index contributed by atoms with van der Waals surface area (Å²) in [6, 6.07) is 7.10. The molecule has 26 heavy (non-hydrogen) atoms. The van der Waals surface area contributed by atoms with Gasteiger partial charge in [0.25, 0.3) is 0 Å². The lowest BCUT2D eigenvalue weighted by molar-refractivity contribution is 0.210. The molecule has 8 nitrogen and oxygen atoms in total. The zero-order valence-electron chi connectivity index (χ0n) is 15.5. The average molecular weight is 358 g/mol. The van der Waals surface area contributed by atoms with Crippen LogP contribution in [0.3, 0.4) is 0 Å². The van der Waals surface area contributed by atoms with Crippen LogP contribution in [0.25, 0.3) is 0 Å². The van der Waals surface area contributed by atoms with Crippen molar-refractivity contribution < 1.29 is 9.53 Å². The lowest BCUT2D eigenvalue weighted by Crippen LogP contribution is -2.29. The summed E-state index contributed by atoms with van der Waals surface area (Å²) in [5, 5.41) is 17.7. The van der Waals surface area contributed by atoms with Crippen LogP contribution in [0.5, 0.6) is 5.75 Å². The van der Waals surface area contributed by atoms with Crippen molar-refractivity contribution in [2.24, 2.45) is 0 Å². The molecule has 1 heterocycles. The van der Waals surface area contributed by atoms with E-state index in [0.29, 0.717) is 17.6 Å². The fraction of sp³-hybridized carbons (Fsp3) is 0.556. The number of nitrogens with one attached hydrogen (secondary N) is 2. The number of carbonyl (C=O) groups is 1. The zero-order valence-corrected chi connectivity index (χ0v) is 15.5. The third-order valence-electron chi connectivity index (χ3n) is 4.18. The summed E-state index contributed by atoms with van der Waals surface area (Å²) in [6.45, 7) is 6.17. The van der Waals surface area contributed by atoms with Gasteiger partial charge >= 0.3 is 6.03 Å². The van der Waals surface area contributed by atoms with Crippen LogP contribution in [0.1, 0.15) is 52.3 Å². The zero-order chi connectivity index (χ0) is 18.6. The number of tetrazole rings is 1. The van der Waals surface area contributed by atoms with Crippen molar-refractivity contribution in [1.29, 1.82) is 0 Å². The van der Waals surface area contributed by atoms with Crippen LogP contribution in [-0.2, 0) is 12.1 Å². The Morgan fingerprint density at radius 1 is 1.23 bits per heavy atom. The van der Waals surface area contributed by atoms with Gasteiger partial charge in [-0.3, -0.25) is 0 Å². The van der Waals surface area contributed by atoms with Gasteiger partial charge in [0.15, 0.2) is 5.82 Å². The Morgan fingerprint density at radius 3 is 2.54 bits per heavy atom. The predicted molar refractivity (Wildman–Crippen MR) is 98.0 cm³/mol. The third-order valence-corrected chi connectivity index (χ3v) is 4.18. The lowest BCUT2D eigenvalue weighted by Gasteiger charge is -2.15. The Labute approximate surface area is 153 Å². The molecule has 2 aromatic rings. The molecule has 1 aromatic carbocycles. The van der Waals surface area contributed by atoms with Crippen LogP contribution in [0, 0.1) is 0 Å². The highest BCUT2D eigenvalue weighted by Crippen LogP contribution is 2.24. The first-order valence-corrected chi connectivity index (χ1v) is 9.01. The van der Waals surface area contributed by atoms with Gasteiger partial charge in [-0.1, -0.05) is 0 Å². The Morgan fingerprint density at radius 2 is 1.92 bits per heavy atom. The van der Waals surface area contributed by atoms with E-state index in [-0.39, 0.29) is 18.1 Å². The summed E-state index contributed by atoms with van der Waals surface area (Å²) in [6.07, 6.45) is 5.05. The number of hydrogen-bond acceptors (Lipinski definition) is 5. The summed E-state index contributed by atoms with van der Waals surface area (Å²) in [5.74, 6) is 1.31. The number of urea groups is 1. The molecule has 0 bridgehead atoms. The largest absolute Gasteiger partial charge is 0.490 e. The summed E-state index contributed by atoms with van der Waals surface area (Å²) in [4.78, 5) is 13.5. The van der Waals surface area contributed by atoms with Crippen molar-refractivity contribution in [1.82, 2.24) is 25.5 Å². The van der Waals surface area contributed by atoms with E-state index in [9.17, 15) is 4.79 Å². The molecule has 1 aromatic heterocycles. The van der Waals surface area contributed by atoms with Crippen LogP contribution >= 0.6 is 0 Å². The lowest BCUT2D eigenvalue weighted by atomic mass is 10.1. The Hall–Kier alpha value is -2.64. The van der Waals surface area contributed by atoms with Crippen LogP contribution < -0.4 is 15.4 Å². The first-order valence-electron chi connectivity index (χ1n) is 9.01. The van der Waals surface area contributed by atoms with Gasteiger partial charge in [0.1, 0.15) is 5.75 Å². The molecule has 0 radical (unpaired) electrons. The molecule has 0 unspecified atom stereocenters. The smallest absolute Gasteiger partial charge is 0.319 e. The first-order chi connectivity index (χ1) is 12.4. The number of carbonyl (C=O) groups excluding carboxylic acids is 1. The molecule has 8 heteroatoms. The topological polar surface area (TPSA) is 94.0 Å². The number of hydrogen-bond donors (Lipinski definition) is 2. The molecule has 1 aliphatic rings. The van der Waals surface area contributed by atoms with E-state index in [1.165, 1.54) is 17.6 Å². The summed E-state index contributed by atoms with van der Waals surface area (Å²) >= 11 is 0. The van der Waals surface area contributed by atoms with Crippen molar-refractivity contribution in [3.8, 4) is 5.75 Å². The second-order valence-electron chi connectivity index (χ2n) is 7.52. The average Bonchev–Trinajstić information content (AvgIpc) is 3.26. The minimum absolute atomic E-state index is 0.213. The van der Waals surface area contributed by atoms with E-state index in [2.05, 4.69) is 26.0 Å². The van der Waals surface area contributed by atoms with Gasteiger partial charge in [-0.25, -0.2) is 4.79 Å². The molecule has 0 aliphatic heterocycles. The molecular formula is C18H26N6O2. The molecule has 1 aliphatic carbocycles. The van der Waals surface area contributed by atoms with E-state index < -0.39 is 0 Å². The predicted octanol–water partition coefficient (Wildman–Crippen LogP) is 3.07. The standard InChI is InChI=1S/C18H26N6O2/c1-18(2,3)24-22-16(21-23-24)12-19-17(25)20-13-8-10-15(11-9-13)26-14-6-4-5-7-14/h8-11,14H,4-7,12H2,1-3H3,(H2,19,20,25). The summed E-state index contributed by atoms with van der Waals surface area (Å²) in [7, 11) is 0. The molecule has 2 N–H and O–H groups in total. The van der Waals surface area contributed by atoms with Gasteiger partial charge < -0.3 is 15.4 Å². The Kier molecular flexibility index (Phi) is 5.39. The van der Waals surface area contributed by atoms with E-state index >= 15 is 0 Å². The van der Waals surface area contributed by atoms with Gasteiger partial charge in [-0.2, -0.15) is 4.80 Å². The van der Waals surface area contributed by atoms with E-state index in [4.69, 9.17) is 4.74 Å². The Bertz CT molecular complexity index is 729. The first kappa shape index (κ1) is 18.2. The number of nitrogens with zero attached hydrogens (tertiary/aromatic N) is 4. The highest BCUT2D eigenvalue weighted by Gasteiger charge is 2.17. The highest BCUT2D eigenvalue weighted by molar-refractivity contribution is 5.89. The van der Waals surface area contributed by atoms with Crippen molar-refractivity contribution >= 4 is 11.7 Å². The van der Waals surface area contributed by atoms with Gasteiger partial charge in [0.2, 0.25) is 0 Å². The van der Waals surface area contributed by atoms with Crippen LogP contribution in [0.2, 0.25) is 0 Å². The van der Waals surface area contributed by atoms with Crippen molar-refractivity contribution in [2.75, 3.05) is 5.32 Å². The molecule has 0 atom stereocenters. The number of benzene rings is 1. The number of aromatic nitrogens is 4. The molecule has 1 saturated carbocycles. The van der Waals surface area contributed by atoms with Crippen molar-refractivity contribution in [2.45, 2.75) is 64.6 Å². The summed E-state index contributed by atoms with van der Waals surface area (Å²) < 4.78 is 5.92. The normalized spacial score (nSPS) is 15.0. The third kappa shape index (κ3) is 4.93. The van der Waals surface area contributed by atoms with Crippen molar-refractivity contribution in [3.63, 3.8) is 0 Å². The molecule has 140 valence electrons. The summed E-state index contributed by atoms with van der Waals surface area (Å²) in [5.41, 5.74) is 0.461. The second-order valence-corrected chi connectivity index (χ2v) is 7.52. The number of anilines is 1. The fourth-order valence-corrected chi connectivity index (χ4v) is 2.75. The molecular weight excluding hydrogens is 332 g/mol. The minimum Gasteiger partial charge on any atom is -0.490 e.